The maximum absolute atomic E-state index is 13.5. The van der Waals surface area contributed by atoms with Crippen LogP contribution < -0.4 is 0 Å². The predicted molar refractivity (Wildman–Crippen MR) is 181 cm³/mol. The second-order valence-electron chi connectivity index (χ2n) is 12.8. The number of esters is 3. The molecule has 0 aromatic heterocycles. The van der Waals surface area contributed by atoms with Crippen LogP contribution in [-0.4, -0.2) is 110 Å². The summed E-state index contributed by atoms with van der Waals surface area (Å²) >= 11 is 0. The van der Waals surface area contributed by atoms with E-state index in [9.17, 15) is 25.0 Å². The number of methoxy groups -OCH3 is 1. The molecule has 10 atom stereocenters. The van der Waals surface area contributed by atoms with Crippen molar-refractivity contribution in [3.05, 3.63) is 118 Å². The normalized spacial score (nSPS) is 30.3. The van der Waals surface area contributed by atoms with Crippen LogP contribution in [0.15, 0.2) is 96.1 Å². The van der Waals surface area contributed by atoms with Gasteiger partial charge in [0.2, 0.25) is 0 Å². The third kappa shape index (κ3) is 8.84. The minimum absolute atomic E-state index is 0.220. The van der Waals surface area contributed by atoms with Gasteiger partial charge in [-0.3, -0.25) is 0 Å². The van der Waals surface area contributed by atoms with Gasteiger partial charge in [0.05, 0.1) is 22.8 Å². The van der Waals surface area contributed by atoms with Gasteiger partial charge in [0, 0.05) is 12.0 Å². The number of carbonyl (C=O) groups is 3. The van der Waals surface area contributed by atoms with E-state index in [2.05, 4.69) is 10.0 Å². The molecule has 3 aliphatic heterocycles. The Bertz CT molecular complexity index is 1760. The highest BCUT2D eigenvalue weighted by atomic mass is 16.8. The highest BCUT2D eigenvalue weighted by Crippen LogP contribution is 2.41. The third-order valence-electron chi connectivity index (χ3n) is 8.81. The number of benzene rings is 3. The minimum atomic E-state index is -1.62. The molecule has 0 bridgehead atoms. The van der Waals surface area contributed by atoms with Crippen LogP contribution in [0, 0.1) is 0 Å². The summed E-state index contributed by atoms with van der Waals surface area (Å²) in [6.07, 6.45) is -11.4. The van der Waals surface area contributed by atoms with E-state index in [1.54, 1.807) is 105 Å². The van der Waals surface area contributed by atoms with Crippen molar-refractivity contribution < 1.29 is 62.1 Å². The average molecular weight is 734 g/mol. The van der Waals surface area contributed by atoms with Crippen molar-refractivity contribution >= 4 is 17.9 Å². The summed E-state index contributed by atoms with van der Waals surface area (Å²) < 4.78 is 53.9. The van der Waals surface area contributed by atoms with E-state index >= 15 is 0 Å². The Balaban J connectivity index is 1.32. The molecule has 0 radical (unpaired) electrons. The molecular formula is C37H39N3O13. The quantitative estimate of drug-likeness (QED) is 0.0922. The molecule has 16 nitrogen and oxygen atoms in total. The Hall–Kier alpha value is -4.90. The number of hydrogen-bond acceptors (Lipinski definition) is 14. The van der Waals surface area contributed by atoms with Crippen LogP contribution in [0.1, 0.15) is 44.9 Å². The molecule has 3 aliphatic rings. The molecule has 0 aliphatic carbocycles. The summed E-state index contributed by atoms with van der Waals surface area (Å²) in [7, 11) is 1.29. The van der Waals surface area contributed by atoms with Gasteiger partial charge in [-0.15, -0.1) is 0 Å². The molecule has 3 aromatic rings. The van der Waals surface area contributed by atoms with E-state index in [1.807, 2.05) is 0 Å². The first kappa shape index (κ1) is 37.8. The van der Waals surface area contributed by atoms with Gasteiger partial charge in [-0.25, -0.2) is 14.4 Å². The van der Waals surface area contributed by atoms with E-state index < -0.39 is 91.7 Å². The van der Waals surface area contributed by atoms with Gasteiger partial charge < -0.3 is 47.7 Å². The lowest BCUT2D eigenvalue weighted by Gasteiger charge is -2.46. The van der Waals surface area contributed by atoms with Gasteiger partial charge in [0.25, 0.3) is 0 Å². The summed E-state index contributed by atoms with van der Waals surface area (Å²) in [6, 6.07) is 23.4. The Morgan fingerprint density at radius 3 is 1.75 bits per heavy atom. The monoisotopic (exact) mass is 733 g/mol. The Morgan fingerprint density at radius 2 is 1.23 bits per heavy atom. The summed E-state index contributed by atoms with van der Waals surface area (Å²) in [5.41, 5.74) is 10.1. The van der Waals surface area contributed by atoms with Gasteiger partial charge in [0.1, 0.15) is 49.8 Å². The number of carbonyl (C=O) groups excluding carboxylic acids is 3. The summed E-state index contributed by atoms with van der Waals surface area (Å²) in [5.74, 6) is -3.25. The number of aliphatic hydroxyl groups excluding tert-OH is 1. The fourth-order valence-corrected chi connectivity index (χ4v) is 6.34. The van der Waals surface area contributed by atoms with Crippen molar-refractivity contribution in [3.63, 3.8) is 0 Å². The van der Waals surface area contributed by atoms with Crippen molar-refractivity contribution in [2.24, 2.45) is 5.11 Å². The SMILES string of the molecule is CO[C@@H]1O[C@H](COC(=O)c2ccccc2)[C@@H](O[C@@H]2O[C@H](COC(=O)c3ccccc3)[C@@H]3OC(C)(C)O[C@@H]3[C@H]2OC(=O)c2ccccc2)[C@H](O)[C@H]1N=[N+]=[N-]. The molecule has 3 heterocycles. The second kappa shape index (κ2) is 16.8. The van der Waals surface area contributed by atoms with Crippen LogP contribution in [0.3, 0.4) is 0 Å². The summed E-state index contributed by atoms with van der Waals surface area (Å²) in [4.78, 5) is 42.2. The van der Waals surface area contributed by atoms with Crippen molar-refractivity contribution in [1.29, 1.82) is 0 Å². The Labute approximate surface area is 304 Å². The standard InChI is InChI=1S/C37H39N3O13/c1-37(2)52-29-25(20-47-33(43)22-15-9-5-10-16-22)49-36(31(30(29)53-37)50-34(44)23-17-11-6-12-18-23)51-28-24(19-46-32(42)21-13-7-4-8-14-21)48-35(45-3)26(27(28)41)39-40-38/h4-18,24-31,35-36,41H,19-20H2,1-3H3/t24-,25-,26-,27-,28-,29+,30+,31-,35-,36+/m1/s1. The van der Waals surface area contributed by atoms with Gasteiger partial charge in [0.15, 0.2) is 24.5 Å². The van der Waals surface area contributed by atoms with Crippen molar-refractivity contribution in [2.75, 3.05) is 20.3 Å². The summed E-state index contributed by atoms with van der Waals surface area (Å²) in [5, 5.41) is 15.3. The molecule has 16 heteroatoms. The van der Waals surface area contributed by atoms with E-state index in [0.29, 0.717) is 5.56 Å². The molecule has 280 valence electrons. The number of hydrogen-bond donors (Lipinski definition) is 1. The van der Waals surface area contributed by atoms with Crippen LogP contribution in [0.4, 0.5) is 0 Å². The maximum Gasteiger partial charge on any atom is 0.338 e. The summed E-state index contributed by atoms with van der Waals surface area (Å²) in [6.45, 7) is 2.55. The van der Waals surface area contributed by atoms with E-state index in [1.165, 1.54) is 7.11 Å². The predicted octanol–water partition coefficient (Wildman–Crippen LogP) is 3.97. The van der Waals surface area contributed by atoms with Crippen molar-refractivity contribution in [3.8, 4) is 0 Å². The molecular weight excluding hydrogens is 694 g/mol. The van der Waals surface area contributed by atoms with Crippen LogP contribution >= 0.6 is 0 Å². The third-order valence-corrected chi connectivity index (χ3v) is 8.81. The molecule has 6 rings (SSSR count). The lowest BCUT2D eigenvalue weighted by molar-refractivity contribution is -0.336. The van der Waals surface area contributed by atoms with E-state index in [-0.39, 0.29) is 17.7 Å². The Kier molecular flexibility index (Phi) is 12.0. The number of azide groups is 1. The number of nitrogens with zero attached hydrogens (tertiary/aromatic N) is 3. The Morgan fingerprint density at radius 1 is 0.736 bits per heavy atom. The fraction of sp³-hybridized carbons (Fsp3) is 0.432. The highest BCUT2D eigenvalue weighted by Gasteiger charge is 2.59. The first-order valence-corrected chi connectivity index (χ1v) is 16.9. The number of fused-ring (bicyclic) bond motifs is 1. The van der Waals surface area contributed by atoms with Crippen LogP contribution in [0.2, 0.25) is 0 Å². The van der Waals surface area contributed by atoms with Crippen molar-refractivity contribution in [2.45, 2.75) is 81.0 Å². The van der Waals surface area contributed by atoms with Gasteiger partial charge in [-0.1, -0.05) is 59.7 Å². The number of rotatable bonds is 12. The highest BCUT2D eigenvalue weighted by molar-refractivity contribution is 5.90. The van der Waals surface area contributed by atoms with E-state index in [0.717, 1.165) is 0 Å². The van der Waals surface area contributed by atoms with Crippen LogP contribution in [-0.2, 0) is 42.6 Å². The van der Waals surface area contributed by atoms with Crippen LogP contribution in [0.25, 0.3) is 10.4 Å². The van der Waals surface area contributed by atoms with E-state index in [4.69, 9.17) is 42.6 Å². The molecule has 3 fully saturated rings. The largest absolute Gasteiger partial charge is 0.459 e. The molecule has 0 spiro atoms. The topological polar surface area (TPSA) is 203 Å². The molecule has 3 saturated heterocycles. The zero-order valence-electron chi connectivity index (χ0n) is 29.0. The lowest BCUT2D eigenvalue weighted by atomic mass is 9.96. The first-order valence-electron chi connectivity index (χ1n) is 16.9. The molecule has 53 heavy (non-hydrogen) atoms. The molecule has 0 amide bonds. The lowest BCUT2D eigenvalue weighted by Crippen LogP contribution is -2.64. The van der Waals surface area contributed by atoms with Gasteiger partial charge in [-0.2, -0.15) is 0 Å². The average Bonchev–Trinajstić information content (AvgIpc) is 3.51. The van der Waals surface area contributed by atoms with Gasteiger partial charge in [-0.05, 0) is 55.8 Å². The fourth-order valence-electron chi connectivity index (χ4n) is 6.34. The molecule has 0 unspecified atom stereocenters. The number of aliphatic hydroxyl groups is 1. The molecule has 1 N–H and O–H groups in total. The van der Waals surface area contributed by atoms with Gasteiger partial charge >= 0.3 is 17.9 Å². The molecule has 0 saturated carbocycles. The van der Waals surface area contributed by atoms with Crippen molar-refractivity contribution in [1.82, 2.24) is 0 Å². The maximum atomic E-state index is 13.5. The van der Waals surface area contributed by atoms with Crippen LogP contribution in [0.5, 0.6) is 0 Å². The zero-order chi connectivity index (χ0) is 37.5. The second-order valence-corrected chi connectivity index (χ2v) is 12.8. The zero-order valence-corrected chi connectivity index (χ0v) is 29.0. The number of ether oxygens (including phenoxy) is 9. The minimum Gasteiger partial charge on any atom is -0.459 e. The first-order chi connectivity index (χ1) is 25.6. The molecule has 3 aromatic carbocycles. The smallest absolute Gasteiger partial charge is 0.338 e.